The zero-order valence-corrected chi connectivity index (χ0v) is 8.37. The Morgan fingerprint density at radius 1 is 0.857 bits per heavy atom. The number of hydrogen-bond donors (Lipinski definition) is 2. The number of quaternary nitrogens is 2. The van der Waals surface area contributed by atoms with Crippen LogP contribution in [0.25, 0.3) is 0 Å². The van der Waals surface area contributed by atoms with E-state index < -0.39 is 0 Å². The van der Waals surface area contributed by atoms with Crippen molar-refractivity contribution < 1.29 is 20.9 Å². The van der Waals surface area contributed by atoms with Gasteiger partial charge < -0.3 is 20.9 Å². The van der Waals surface area contributed by atoms with Crippen LogP contribution in [-0.4, -0.2) is 26.3 Å². The molecule has 78 valence electrons. The zero-order chi connectivity index (χ0) is 10.2. The Morgan fingerprint density at radius 2 is 1.29 bits per heavy atom. The van der Waals surface area contributed by atoms with Gasteiger partial charge in [0, 0.05) is 0 Å². The maximum atomic E-state index is 5.48. The van der Waals surface area contributed by atoms with Crippen LogP contribution in [0.2, 0.25) is 0 Å². The Balaban J connectivity index is 2.60. The molecular formula is C10H18N2O2+2. The van der Waals surface area contributed by atoms with Crippen molar-refractivity contribution in [2.24, 2.45) is 0 Å². The van der Waals surface area contributed by atoms with E-state index in [1.54, 1.807) is 0 Å². The van der Waals surface area contributed by atoms with E-state index in [-0.39, 0.29) is 0 Å². The summed E-state index contributed by atoms with van der Waals surface area (Å²) in [7, 11) is 0. The van der Waals surface area contributed by atoms with Crippen molar-refractivity contribution in [2.75, 3.05) is 26.3 Å². The molecule has 14 heavy (non-hydrogen) atoms. The molecule has 0 fully saturated rings. The van der Waals surface area contributed by atoms with Crippen LogP contribution in [0.1, 0.15) is 0 Å². The first-order valence-electron chi connectivity index (χ1n) is 4.81. The molecule has 0 aliphatic rings. The summed E-state index contributed by atoms with van der Waals surface area (Å²) < 4.78 is 11.0. The van der Waals surface area contributed by atoms with Gasteiger partial charge in [-0.05, 0) is 12.1 Å². The van der Waals surface area contributed by atoms with E-state index in [4.69, 9.17) is 9.47 Å². The Morgan fingerprint density at radius 3 is 1.64 bits per heavy atom. The third-order valence-electron chi connectivity index (χ3n) is 1.65. The van der Waals surface area contributed by atoms with Gasteiger partial charge in [0.25, 0.3) is 0 Å². The van der Waals surface area contributed by atoms with Gasteiger partial charge in [-0.2, -0.15) is 0 Å². The van der Waals surface area contributed by atoms with E-state index in [2.05, 4.69) is 11.5 Å². The molecule has 0 bridgehead atoms. The fraction of sp³-hybridized carbons (Fsp3) is 0.400. The monoisotopic (exact) mass is 198 g/mol. The fourth-order valence-corrected chi connectivity index (χ4v) is 1.05. The molecule has 4 heteroatoms. The normalized spacial score (nSPS) is 9.86. The van der Waals surface area contributed by atoms with E-state index in [1.165, 1.54) is 0 Å². The second-order valence-electron chi connectivity index (χ2n) is 2.85. The first-order chi connectivity index (χ1) is 6.88. The molecule has 0 radical (unpaired) electrons. The van der Waals surface area contributed by atoms with Gasteiger partial charge in [0.05, 0.1) is 0 Å². The van der Waals surface area contributed by atoms with Crippen molar-refractivity contribution in [3.05, 3.63) is 24.3 Å². The standard InChI is InChI=1S/C10H16N2O2/c11-5-7-13-9-3-1-2-4-10(9)14-8-6-12/h1-4H,5-8,11-12H2/p+2. The summed E-state index contributed by atoms with van der Waals surface area (Å²) in [6.07, 6.45) is 0. The lowest BCUT2D eigenvalue weighted by molar-refractivity contribution is -0.372. The van der Waals surface area contributed by atoms with Gasteiger partial charge in [0.2, 0.25) is 0 Å². The molecule has 0 saturated carbocycles. The highest BCUT2D eigenvalue weighted by molar-refractivity contribution is 5.39. The van der Waals surface area contributed by atoms with E-state index in [9.17, 15) is 0 Å². The Bertz CT molecular complexity index is 239. The average Bonchev–Trinajstić information content (AvgIpc) is 2.24. The van der Waals surface area contributed by atoms with E-state index in [0.717, 1.165) is 24.6 Å². The molecule has 1 aromatic carbocycles. The van der Waals surface area contributed by atoms with Crippen molar-refractivity contribution in [3.8, 4) is 11.5 Å². The minimum atomic E-state index is 0.616. The Labute approximate surface area is 83.8 Å². The zero-order valence-electron chi connectivity index (χ0n) is 8.37. The second-order valence-corrected chi connectivity index (χ2v) is 2.85. The lowest BCUT2D eigenvalue weighted by Gasteiger charge is -2.09. The van der Waals surface area contributed by atoms with E-state index in [0.29, 0.717) is 13.2 Å². The molecule has 0 heterocycles. The predicted octanol–water partition coefficient (Wildman–Crippen LogP) is -1.07. The minimum Gasteiger partial charge on any atom is -0.484 e. The number of benzene rings is 1. The molecule has 1 aromatic rings. The molecule has 0 saturated heterocycles. The molecule has 4 nitrogen and oxygen atoms in total. The molecule has 0 aliphatic carbocycles. The topological polar surface area (TPSA) is 73.7 Å². The van der Waals surface area contributed by atoms with Gasteiger partial charge in [-0.3, -0.25) is 0 Å². The van der Waals surface area contributed by atoms with Crippen LogP contribution in [0.5, 0.6) is 11.5 Å². The number of rotatable bonds is 6. The molecule has 1 rings (SSSR count). The molecule has 0 spiro atoms. The maximum Gasteiger partial charge on any atom is 0.161 e. The smallest absolute Gasteiger partial charge is 0.161 e. The molecule has 0 atom stereocenters. The van der Waals surface area contributed by atoms with Crippen LogP contribution in [-0.2, 0) is 0 Å². The van der Waals surface area contributed by atoms with Crippen molar-refractivity contribution >= 4 is 0 Å². The predicted molar refractivity (Wildman–Crippen MR) is 52.9 cm³/mol. The number of hydrogen-bond acceptors (Lipinski definition) is 2. The van der Waals surface area contributed by atoms with Crippen LogP contribution >= 0.6 is 0 Å². The highest BCUT2D eigenvalue weighted by Gasteiger charge is 2.03. The summed E-state index contributed by atoms with van der Waals surface area (Å²) in [4.78, 5) is 0. The summed E-state index contributed by atoms with van der Waals surface area (Å²) in [5, 5.41) is 0. The SMILES string of the molecule is [NH3+]CCOc1ccccc1OCC[NH3+]. The van der Waals surface area contributed by atoms with E-state index >= 15 is 0 Å². The number of ether oxygens (including phenoxy) is 2. The van der Waals surface area contributed by atoms with Gasteiger partial charge in [0.1, 0.15) is 26.3 Å². The quantitative estimate of drug-likeness (QED) is 0.610. The van der Waals surface area contributed by atoms with Gasteiger partial charge >= 0.3 is 0 Å². The molecule has 0 aliphatic heterocycles. The first kappa shape index (κ1) is 10.8. The first-order valence-corrected chi connectivity index (χ1v) is 4.81. The molecule has 0 unspecified atom stereocenters. The Hall–Kier alpha value is -1.26. The average molecular weight is 198 g/mol. The van der Waals surface area contributed by atoms with Gasteiger partial charge in [-0.15, -0.1) is 0 Å². The van der Waals surface area contributed by atoms with Crippen molar-refractivity contribution in [2.45, 2.75) is 0 Å². The highest BCUT2D eigenvalue weighted by atomic mass is 16.5. The molecule has 6 N–H and O–H groups in total. The Kier molecular flexibility index (Phi) is 4.82. The molecule has 0 amide bonds. The van der Waals surface area contributed by atoms with Crippen molar-refractivity contribution in [3.63, 3.8) is 0 Å². The third kappa shape index (κ3) is 3.24. The van der Waals surface area contributed by atoms with Crippen molar-refractivity contribution in [1.82, 2.24) is 0 Å². The van der Waals surface area contributed by atoms with Crippen LogP contribution in [0, 0.1) is 0 Å². The summed E-state index contributed by atoms with van der Waals surface area (Å²) in [6, 6.07) is 7.65. The summed E-state index contributed by atoms with van der Waals surface area (Å²) in [6.45, 7) is 2.74. The van der Waals surface area contributed by atoms with Gasteiger partial charge in [-0.1, -0.05) is 12.1 Å². The van der Waals surface area contributed by atoms with Crippen LogP contribution in [0.15, 0.2) is 24.3 Å². The van der Waals surface area contributed by atoms with Crippen LogP contribution < -0.4 is 20.9 Å². The number of para-hydroxylation sites is 2. The van der Waals surface area contributed by atoms with Gasteiger partial charge in [-0.25, -0.2) is 0 Å². The van der Waals surface area contributed by atoms with Crippen molar-refractivity contribution in [1.29, 1.82) is 0 Å². The molecular weight excluding hydrogens is 180 g/mol. The van der Waals surface area contributed by atoms with Crippen LogP contribution in [0.3, 0.4) is 0 Å². The fourth-order valence-electron chi connectivity index (χ4n) is 1.05. The summed E-state index contributed by atoms with van der Waals surface area (Å²) in [5.74, 6) is 1.56. The molecule has 0 aromatic heterocycles. The summed E-state index contributed by atoms with van der Waals surface area (Å²) >= 11 is 0. The minimum absolute atomic E-state index is 0.616. The lowest BCUT2D eigenvalue weighted by atomic mass is 10.3. The van der Waals surface area contributed by atoms with Crippen LogP contribution in [0.4, 0.5) is 0 Å². The third-order valence-corrected chi connectivity index (χ3v) is 1.65. The lowest BCUT2D eigenvalue weighted by Crippen LogP contribution is -2.53. The summed E-state index contributed by atoms with van der Waals surface area (Å²) in [5.41, 5.74) is 7.43. The second kappa shape index (κ2) is 6.23. The van der Waals surface area contributed by atoms with E-state index in [1.807, 2.05) is 24.3 Å². The maximum absolute atomic E-state index is 5.48. The largest absolute Gasteiger partial charge is 0.484 e. The highest BCUT2D eigenvalue weighted by Crippen LogP contribution is 2.25. The van der Waals surface area contributed by atoms with Gasteiger partial charge in [0.15, 0.2) is 11.5 Å².